The molecular formula is C24H16BrClINO6S. The summed E-state index contributed by atoms with van der Waals surface area (Å²) in [5.74, 6) is -0.348. The maximum Gasteiger partial charge on any atom is 0.373 e. The highest BCUT2D eigenvalue weighted by molar-refractivity contribution is 14.1. The molecule has 1 aromatic heterocycles. The summed E-state index contributed by atoms with van der Waals surface area (Å²) in [6.45, 7) is 0.243. The molecule has 1 aliphatic rings. The lowest BCUT2D eigenvalue weighted by Crippen LogP contribution is -2.27. The van der Waals surface area contributed by atoms with Crippen LogP contribution in [0.15, 0.2) is 62.3 Å². The molecule has 0 bridgehead atoms. The number of esters is 1. The third kappa shape index (κ3) is 6.11. The minimum atomic E-state index is -0.640. The largest absolute Gasteiger partial charge is 0.486 e. The van der Waals surface area contributed by atoms with Gasteiger partial charge in [-0.1, -0.05) is 23.7 Å². The molecule has 0 atom stereocenters. The normalized spacial score (nSPS) is 14.6. The van der Waals surface area contributed by atoms with Crippen molar-refractivity contribution in [3.8, 4) is 5.75 Å². The van der Waals surface area contributed by atoms with Crippen LogP contribution in [-0.2, 0) is 22.7 Å². The lowest BCUT2D eigenvalue weighted by Gasteiger charge is -2.12. The number of imide groups is 1. The Morgan fingerprint density at radius 3 is 2.63 bits per heavy atom. The monoisotopic (exact) mass is 687 g/mol. The summed E-state index contributed by atoms with van der Waals surface area (Å²) in [4.78, 5) is 38.1. The molecule has 7 nitrogen and oxygen atoms in total. The molecule has 1 saturated heterocycles. The zero-order valence-electron chi connectivity index (χ0n) is 18.0. The van der Waals surface area contributed by atoms with E-state index in [1.807, 2.05) is 24.3 Å². The predicted molar refractivity (Wildman–Crippen MR) is 144 cm³/mol. The van der Waals surface area contributed by atoms with E-state index in [2.05, 4.69) is 43.3 Å². The molecule has 11 heteroatoms. The Bertz CT molecular complexity index is 1320. The molecular weight excluding hydrogens is 673 g/mol. The van der Waals surface area contributed by atoms with Gasteiger partial charge in [-0.15, -0.1) is 0 Å². The molecule has 0 unspecified atom stereocenters. The minimum absolute atomic E-state index is 0.00571. The molecule has 2 amide bonds. The molecule has 1 aliphatic heterocycles. The Hall–Kier alpha value is -2.28. The highest BCUT2D eigenvalue weighted by Crippen LogP contribution is 2.38. The van der Waals surface area contributed by atoms with Crippen LogP contribution in [0.1, 0.15) is 27.4 Å². The highest BCUT2D eigenvalue weighted by atomic mass is 127. The van der Waals surface area contributed by atoms with Gasteiger partial charge >= 0.3 is 5.97 Å². The molecule has 0 radical (unpaired) electrons. The smallest absolute Gasteiger partial charge is 0.373 e. The molecule has 1 fully saturated rings. The van der Waals surface area contributed by atoms with Gasteiger partial charge in [0.05, 0.1) is 28.1 Å². The first kappa shape index (κ1) is 25.8. The summed E-state index contributed by atoms with van der Waals surface area (Å²) in [7, 11) is 1.23. The van der Waals surface area contributed by atoms with Crippen molar-refractivity contribution in [1.29, 1.82) is 0 Å². The first-order valence-electron chi connectivity index (χ1n) is 10.0. The zero-order valence-corrected chi connectivity index (χ0v) is 23.4. The number of amides is 2. The summed E-state index contributed by atoms with van der Waals surface area (Å²) < 4.78 is 17.6. The second-order valence-corrected chi connectivity index (χ2v) is 10.8. The summed E-state index contributed by atoms with van der Waals surface area (Å²) in [6, 6.07) is 14.3. The third-order valence-corrected chi connectivity index (χ3v) is 7.35. The van der Waals surface area contributed by atoms with Crippen molar-refractivity contribution >= 4 is 85.1 Å². The Labute approximate surface area is 232 Å². The first-order valence-corrected chi connectivity index (χ1v) is 13.1. The highest BCUT2D eigenvalue weighted by Gasteiger charge is 2.36. The SMILES string of the molecule is COC(=O)c1ccc(CN2C(=O)S/C(=C/c3cc(Cl)c(OCc4ccc(I)cc4)c(Br)c3)C2=O)o1. The Balaban J connectivity index is 1.47. The number of halogens is 3. The Morgan fingerprint density at radius 1 is 1.20 bits per heavy atom. The number of carbonyl (C=O) groups is 3. The first-order chi connectivity index (χ1) is 16.7. The number of hydrogen-bond donors (Lipinski definition) is 0. The second-order valence-electron chi connectivity index (χ2n) is 7.25. The summed E-state index contributed by atoms with van der Waals surface area (Å²) in [5, 5.41) is -0.0822. The number of thioether (sulfide) groups is 1. The van der Waals surface area contributed by atoms with E-state index in [0.717, 1.165) is 25.8 Å². The number of nitrogens with zero attached hydrogens (tertiary/aromatic N) is 1. The van der Waals surface area contributed by atoms with Gasteiger partial charge in [-0.3, -0.25) is 14.5 Å². The van der Waals surface area contributed by atoms with Crippen LogP contribution < -0.4 is 4.74 Å². The molecule has 0 spiro atoms. The molecule has 2 aromatic carbocycles. The fourth-order valence-electron chi connectivity index (χ4n) is 3.15. The van der Waals surface area contributed by atoms with Gasteiger partial charge in [-0.25, -0.2) is 4.79 Å². The van der Waals surface area contributed by atoms with Gasteiger partial charge in [-0.2, -0.15) is 0 Å². The number of carbonyl (C=O) groups excluding carboxylic acids is 3. The van der Waals surface area contributed by atoms with Crippen LogP contribution in [-0.4, -0.2) is 29.1 Å². The average Bonchev–Trinajstić information content (AvgIpc) is 3.39. The van der Waals surface area contributed by atoms with E-state index in [-0.39, 0.29) is 23.0 Å². The van der Waals surface area contributed by atoms with E-state index in [1.165, 1.54) is 19.2 Å². The number of ether oxygens (including phenoxy) is 2. The molecule has 0 N–H and O–H groups in total. The molecule has 0 saturated carbocycles. The van der Waals surface area contributed by atoms with E-state index in [4.69, 9.17) is 20.8 Å². The standard InChI is InChI=1S/C24H16BrClINO6S/c1-32-23(30)19-7-6-16(34-19)11-28-22(29)20(35-24(28)31)10-14-8-17(25)21(18(26)9-14)33-12-13-2-4-15(27)5-3-13/h2-10H,11-12H2,1H3/b20-10+. The average molecular weight is 689 g/mol. The van der Waals surface area contributed by atoms with Crippen LogP contribution in [0.4, 0.5) is 4.79 Å². The van der Waals surface area contributed by atoms with E-state index in [0.29, 0.717) is 27.4 Å². The number of methoxy groups -OCH3 is 1. The van der Waals surface area contributed by atoms with E-state index in [1.54, 1.807) is 18.2 Å². The molecule has 4 rings (SSSR count). The Kier molecular flexibility index (Phi) is 8.25. The number of rotatable bonds is 7. The maximum atomic E-state index is 12.9. The molecule has 3 aromatic rings. The number of hydrogen-bond acceptors (Lipinski definition) is 7. The fraction of sp³-hybridized carbons (Fsp3) is 0.125. The van der Waals surface area contributed by atoms with E-state index in [9.17, 15) is 14.4 Å². The van der Waals surface area contributed by atoms with Gasteiger partial charge in [-0.05, 0) is 104 Å². The molecule has 35 heavy (non-hydrogen) atoms. The Morgan fingerprint density at radius 2 is 1.94 bits per heavy atom. The van der Waals surface area contributed by atoms with Crippen molar-refractivity contribution in [2.75, 3.05) is 7.11 Å². The summed E-state index contributed by atoms with van der Waals surface area (Å²) in [5.41, 5.74) is 1.63. The van der Waals surface area contributed by atoms with Crippen LogP contribution in [0, 0.1) is 3.57 Å². The number of furan rings is 1. The van der Waals surface area contributed by atoms with Crippen molar-refractivity contribution in [2.24, 2.45) is 0 Å². The van der Waals surface area contributed by atoms with Crippen molar-refractivity contribution in [3.05, 3.63) is 89.1 Å². The quantitative estimate of drug-likeness (QED) is 0.152. The van der Waals surface area contributed by atoms with Crippen molar-refractivity contribution < 1.29 is 28.3 Å². The summed E-state index contributed by atoms with van der Waals surface area (Å²) >= 11 is 13.0. The second kappa shape index (κ2) is 11.2. The van der Waals surface area contributed by atoms with Crippen molar-refractivity contribution in [3.63, 3.8) is 0 Å². The van der Waals surface area contributed by atoms with Gasteiger partial charge < -0.3 is 13.9 Å². The zero-order chi connectivity index (χ0) is 25.1. The number of benzene rings is 2. The lowest BCUT2D eigenvalue weighted by atomic mass is 10.2. The van der Waals surface area contributed by atoms with Crippen LogP contribution in [0.5, 0.6) is 5.75 Å². The van der Waals surface area contributed by atoms with Crippen LogP contribution in [0.25, 0.3) is 6.08 Å². The maximum absolute atomic E-state index is 12.9. The van der Waals surface area contributed by atoms with Crippen LogP contribution >= 0.6 is 61.9 Å². The van der Waals surface area contributed by atoms with E-state index >= 15 is 0 Å². The fourth-order valence-corrected chi connectivity index (χ4v) is 5.34. The van der Waals surface area contributed by atoms with Crippen molar-refractivity contribution in [1.82, 2.24) is 4.90 Å². The van der Waals surface area contributed by atoms with Crippen LogP contribution in [0.2, 0.25) is 5.02 Å². The predicted octanol–water partition coefficient (Wildman–Crippen LogP) is 6.90. The van der Waals surface area contributed by atoms with Gasteiger partial charge in [0.2, 0.25) is 5.76 Å². The molecule has 180 valence electrons. The van der Waals surface area contributed by atoms with Gasteiger partial charge in [0.1, 0.15) is 12.4 Å². The van der Waals surface area contributed by atoms with Gasteiger partial charge in [0.15, 0.2) is 5.75 Å². The summed E-state index contributed by atoms with van der Waals surface area (Å²) in [6.07, 6.45) is 1.59. The van der Waals surface area contributed by atoms with Gasteiger partial charge in [0, 0.05) is 3.57 Å². The van der Waals surface area contributed by atoms with E-state index < -0.39 is 17.1 Å². The van der Waals surface area contributed by atoms with Gasteiger partial charge in [0.25, 0.3) is 11.1 Å². The van der Waals surface area contributed by atoms with Crippen molar-refractivity contribution in [2.45, 2.75) is 13.2 Å². The topological polar surface area (TPSA) is 86.0 Å². The molecule has 0 aliphatic carbocycles. The van der Waals surface area contributed by atoms with Crippen LogP contribution in [0.3, 0.4) is 0 Å². The molecule has 2 heterocycles. The third-order valence-electron chi connectivity index (χ3n) is 4.85. The lowest BCUT2D eigenvalue weighted by molar-refractivity contribution is -0.123. The minimum Gasteiger partial charge on any atom is -0.486 e.